The Bertz CT molecular complexity index is 1780. The van der Waals surface area contributed by atoms with Gasteiger partial charge < -0.3 is 15.0 Å². The smallest absolute Gasteiger partial charge is 0.319 e. The molecule has 8 nitrogen and oxygen atoms in total. The van der Waals surface area contributed by atoms with Gasteiger partial charge >= 0.3 is 6.01 Å². The Morgan fingerprint density at radius 3 is 2.50 bits per heavy atom. The van der Waals surface area contributed by atoms with Crippen molar-refractivity contribution >= 4 is 33.4 Å². The number of fused-ring (bicyclic) bond motifs is 3. The highest BCUT2D eigenvalue weighted by atomic mass is 19.3. The van der Waals surface area contributed by atoms with Gasteiger partial charge in [0.2, 0.25) is 5.91 Å². The van der Waals surface area contributed by atoms with Gasteiger partial charge in [-0.1, -0.05) is 36.4 Å². The minimum absolute atomic E-state index is 0.0240. The topological polar surface area (TPSA) is 83.5 Å². The molecule has 0 radical (unpaired) electrons. The summed E-state index contributed by atoms with van der Waals surface area (Å²) in [6.45, 7) is 3.71. The molecule has 1 N–H and O–H groups in total. The zero-order valence-corrected chi connectivity index (χ0v) is 24.3. The van der Waals surface area contributed by atoms with Gasteiger partial charge in [0, 0.05) is 35.8 Å². The number of amides is 1. The number of piperidine rings is 1. The number of carbonyl (C=O) groups is 1. The molecular formula is C33H33F3N6O2. The Morgan fingerprint density at radius 1 is 1.00 bits per heavy atom. The number of rotatable bonds is 6. The number of hydrogen-bond acceptors (Lipinski definition) is 7. The van der Waals surface area contributed by atoms with Crippen LogP contribution < -0.4 is 15.0 Å². The van der Waals surface area contributed by atoms with Gasteiger partial charge in [-0.3, -0.25) is 14.7 Å². The van der Waals surface area contributed by atoms with Crippen molar-refractivity contribution in [2.24, 2.45) is 0 Å². The van der Waals surface area contributed by atoms with Crippen LogP contribution in [0.3, 0.4) is 0 Å². The van der Waals surface area contributed by atoms with Gasteiger partial charge in [-0.15, -0.1) is 0 Å². The van der Waals surface area contributed by atoms with Gasteiger partial charge in [0.25, 0.3) is 6.43 Å². The van der Waals surface area contributed by atoms with Gasteiger partial charge in [0.15, 0.2) is 5.82 Å². The van der Waals surface area contributed by atoms with E-state index in [1.54, 1.807) is 30.3 Å². The first kappa shape index (κ1) is 27.6. The fourth-order valence-corrected chi connectivity index (χ4v) is 8.07. The summed E-state index contributed by atoms with van der Waals surface area (Å²) in [6.07, 6.45) is 5.25. The van der Waals surface area contributed by atoms with Crippen LogP contribution in [0.1, 0.15) is 56.9 Å². The number of anilines is 1. The highest BCUT2D eigenvalue weighted by Crippen LogP contribution is 2.42. The Labute approximate surface area is 252 Å². The van der Waals surface area contributed by atoms with Gasteiger partial charge in [0.1, 0.15) is 23.6 Å². The van der Waals surface area contributed by atoms with E-state index in [1.807, 2.05) is 0 Å². The molecule has 6 heterocycles. The van der Waals surface area contributed by atoms with Gasteiger partial charge in [0.05, 0.1) is 22.9 Å². The van der Waals surface area contributed by atoms with Crippen molar-refractivity contribution in [3.63, 3.8) is 0 Å². The summed E-state index contributed by atoms with van der Waals surface area (Å²) in [5.74, 6) is -0.185. The number of benzene rings is 2. The van der Waals surface area contributed by atoms with E-state index in [0.29, 0.717) is 42.7 Å². The van der Waals surface area contributed by atoms with Crippen molar-refractivity contribution in [1.82, 2.24) is 25.2 Å². The molecule has 11 heteroatoms. The second-order valence-electron chi connectivity index (χ2n) is 12.8. The first-order valence-corrected chi connectivity index (χ1v) is 15.5. The van der Waals surface area contributed by atoms with Crippen LogP contribution >= 0.6 is 0 Å². The molecule has 4 aliphatic rings. The quantitative estimate of drug-likeness (QED) is 0.280. The third-order valence-corrected chi connectivity index (χ3v) is 10.1. The molecular weight excluding hydrogens is 569 g/mol. The maximum atomic E-state index is 16.7. The summed E-state index contributed by atoms with van der Waals surface area (Å²) in [5, 5.41) is 4.32. The molecule has 1 amide bonds. The van der Waals surface area contributed by atoms with Crippen LogP contribution in [-0.2, 0) is 4.79 Å². The number of hydrogen-bond donors (Lipinski definition) is 1. The minimum atomic E-state index is -2.74. The molecule has 0 bridgehead atoms. The van der Waals surface area contributed by atoms with Crippen LogP contribution in [0.2, 0.25) is 0 Å². The molecule has 4 aliphatic heterocycles. The van der Waals surface area contributed by atoms with E-state index in [0.717, 1.165) is 51.6 Å². The largest absolute Gasteiger partial charge is 0.461 e. The van der Waals surface area contributed by atoms with Crippen molar-refractivity contribution in [2.75, 3.05) is 37.7 Å². The standard InChI is InChI=1S/C33H33F3N6O2/c34-26-27(21-8-1-6-20-7-2-9-22(25(20)21)29(35)36)37-17-23-28(26)38-31(44-19-33-11-4-14-42(33)15-5-12-33)39-30(23)41-13-3-10-32(18-41)16-24(43)40-32/h1-2,6-9,17,29H,3-5,10-16,18-19H2,(H,40,43). The normalized spacial score (nSPS) is 23.0. The molecule has 2 aromatic heterocycles. The van der Waals surface area contributed by atoms with E-state index in [2.05, 4.69) is 25.1 Å². The summed E-state index contributed by atoms with van der Waals surface area (Å²) in [5.41, 5.74) is -0.302. The number of β-lactam (4-membered cyclic amide) rings is 1. The molecule has 4 aromatic rings. The Morgan fingerprint density at radius 2 is 1.75 bits per heavy atom. The van der Waals surface area contributed by atoms with Crippen molar-refractivity contribution < 1.29 is 22.7 Å². The maximum absolute atomic E-state index is 16.7. The second kappa shape index (κ2) is 10.3. The lowest BCUT2D eigenvalue weighted by atomic mass is 9.80. The number of halogens is 3. The van der Waals surface area contributed by atoms with E-state index < -0.39 is 12.2 Å². The van der Waals surface area contributed by atoms with Crippen molar-refractivity contribution in [1.29, 1.82) is 0 Å². The van der Waals surface area contributed by atoms with Crippen molar-refractivity contribution in [2.45, 2.75) is 62.4 Å². The summed E-state index contributed by atoms with van der Waals surface area (Å²) >= 11 is 0. The fraction of sp³-hybridized carbons (Fsp3) is 0.455. The number of alkyl halides is 2. The monoisotopic (exact) mass is 602 g/mol. The van der Waals surface area contributed by atoms with Crippen LogP contribution in [0, 0.1) is 5.82 Å². The van der Waals surface area contributed by atoms with Crippen molar-refractivity contribution in [3.05, 3.63) is 54.0 Å². The average molecular weight is 603 g/mol. The fourth-order valence-electron chi connectivity index (χ4n) is 8.07. The maximum Gasteiger partial charge on any atom is 0.319 e. The minimum Gasteiger partial charge on any atom is -0.461 e. The highest BCUT2D eigenvalue weighted by Gasteiger charge is 2.47. The zero-order chi connectivity index (χ0) is 30.1. The van der Waals surface area contributed by atoms with E-state index in [4.69, 9.17) is 9.72 Å². The summed E-state index contributed by atoms with van der Waals surface area (Å²) < 4.78 is 51.2. The van der Waals surface area contributed by atoms with Crippen molar-refractivity contribution in [3.8, 4) is 17.3 Å². The zero-order valence-electron chi connectivity index (χ0n) is 24.3. The van der Waals surface area contributed by atoms with Crippen LogP contribution in [0.5, 0.6) is 6.01 Å². The molecule has 0 aliphatic carbocycles. The third-order valence-electron chi connectivity index (χ3n) is 10.1. The number of ether oxygens (including phenoxy) is 1. The molecule has 0 saturated carbocycles. The van der Waals surface area contributed by atoms with Gasteiger partial charge in [-0.25, -0.2) is 13.2 Å². The molecule has 1 spiro atoms. The average Bonchev–Trinajstić information content (AvgIpc) is 3.60. The predicted octanol–water partition coefficient (Wildman–Crippen LogP) is 5.79. The molecule has 1 unspecified atom stereocenters. The third kappa shape index (κ3) is 4.38. The number of pyridine rings is 1. The van der Waals surface area contributed by atoms with E-state index >= 15 is 4.39 Å². The lowest BCUT2D eigenvalue weighted by Gasteiger charge is -2.49. The molecule has 2 aromatic carbocycles. The number of carbonyl (C=O) groups excluding carboxylic acids is 1. The molecule has 4 fully saturated rings. The van der Waals surface area contributed by atoms with Crippen LogP contribution in [-0.4, -0.2) is 69.6 Å². The highest BCUT2D eigenvalue weighted by molar-refractivity contribution is 6.01. The SMILES string of the molecule is O=C1CC2(CCCN(c3nc(OCC45CCCN4CCC5)nc4c(F)c(-c5cccc6cccc(C(F)F)c56)ncc34)C2)N1. The Kier molecular flexibility index (Phi) is 6.44. The van der Waals surface area contributed by atoms with E-state index in [1.165, 1.54) is 12.3 Å². The van der Waals surface area contributed by atoms with Gasteiger partial charge in [-0.05, 0) is 57.0 Å². The lowest BCUT2D eigenvalue weighted by molar-refractivity contribution is -0.133. The van der Waals surface area contributed by atoms with Crippen LogP contribution in [0.4, 0.5) is 19.0 Å². The lowest BCUT2D eigenvalue weighted by Crippen LogP contribution is -2.68. The van der Waals surface area contributed by atoms with E-state index in [9.17, 15) is 13.6 Å². The summed E-state index contributed by atoms with van der Waals surface area (Å²) in [7, 11) is 0. The second-order valence-corrected chi connectivity index (χ2v) is 12.8. The number of aromatic nitrogens is 3. The van der Waals surface area contributed by atoms with Crippen LogP contribution in [0.15, 0.2) is 42.6 Å². The molecule has 4 saturated heterocycles. The Hall–Kier alpha value is -3.99. The summed E-state index contributed by atoms with van der Waals surface area (Å²) in [6, 6.07) is 9.82. The Balaban J connectivity index is 1.25. The molecule has 228 valence electrons. The van der Waals surface area contributed by atoms with E-state index in [-0.39, 0.29) is 50.7 Å². The summed E-state index contributed by atoms with van der Waals surface area (Å²) in [4.78, 5) is 30.3. The predicted molar refractivity (Wildman–Crippen MR) is 160 cm³/mol. The number of nitrogens with zero attached hydrogens (tertiary/aromatic N) is 5. The molecule has 8 rings (SSSR count). The van der Waals surface area contributed by atoms with Gasteiger partial charge in [-0.2, -0.15) is 9.97 Å². The van der Waals surface area contributed by atoms with Crippen LogP contribution in [0.25, 0.3) is 32.9 Å². The molecule has 44 heavy (non-hydrogen) atoms. The first-order chi connectivity index (χ1) is 21.3. The number of nitrogens with one attached hydrogen (secondary N) is 1. The first-order valence-electron chi connectivity index (χ1n) is 15.5. The molecule has 1 atom stereocenters.